The highest BCUT2D eigenvalue weighted by Crippen LogP contribution is 2.27. The van der Waals surface area contributed by atoms with Gasteiger partial charge in [-0.15, -0.1) is 0 Å². The molecule has 1 atom stereocenters. The van der Waals surface area contributed by atoms with Gasteiger partial charge in [-0.25, -0.2) is 0 Å². The summed E-state index contributed by atoms with van der Waals surface area (Å²) >= 11 is 0. The molecule has 21 heavy (non-hydrogen) atoms. The van der Waals surface area contributed by atoms with E-state index in [0.717, 1.165) is 25.9 Å². The molecule has 1 aliphatic rings. The van der Waals surface area contributed by atoms with Crippen molar-refractivity contribution in [3.8, 4) is 0 Å². The zero-order valence-corrected chi connectivity index (χ0v) is 13.3. The molecule has 0 bridgehead atoms. The van der Waals surface area contributed by atoms with Gasteiger partial charge in [0.2, 0.25) is 0 Å². The summed E-state index contributed by atoms with van der Waals surface area (Å²) in [5.41, 5.74) is 2.10. The topological polar surface area (TPSA) is 41.6 Å². The zero-order chi connectivity index (χ0) is 15.3. The van der Waals surface area contributed by atoms with Gasteiger partial charge in [-0.3, -0.25) is 4.79 Å². The smallest absolute Gasteiger partial charge is 0.326 e. The number of ether oxygens (including phenoxy) is 1. The average Bonchev–Trinajstić information content (AvgIpc) is 2.52. The van der Waals surface area contributed by atoms with E-state index in [1.807, 2.05) is 20.9 Å². The van der Waals surface area contributed by atoms with Crippen molar-refractivity contribution in [3.05, 3.63) is 29.8 Å². The molecule has 0 fully saturated rings. The van der Waals surface area contributed by atoms with E-state index >= 15 is 0 Å². The molecule has 1 aliphatic heterocycles. The second-order valence-corrected chi connectivity index (χ2v) is 5.77. The summed E-state index contributed by atoms with van der Waals surface area (Å²) in [6, 6.07) is 8.55. The normalized spacial score (nSPS) is 17.0. The number of carbonyl (C=O) groups is 1. The SMILES string of the molecule is CCOC(=O)C(C)(CCN1CCCc2ccccc21)NC. The van der Waals surface area contributed by atoms with Crippen LogP contribution in [0.1, 0.15) is 32.3 Å². The van der Waals surface area contributed by atoms with Gasteiger partial charge < -0.3 is 15.0 Å². The Morgan fingerprint density at radius 3 is 2.90 bits per heavy atom. The summed E-state index contributed by atoms with van der Waals surface area (Å²) in [5, 5.41) is 3.13. The minimum Gasteiger partial charge on any atom is -0.465 e. The van der Waals surface area contributed by atoms with Crippen molar-refractivity contribution < 1.29 is 9.53 Å². The van der Waals surface area contributed by atoms with Gasteiger partial charge in [-0.1, -0.05) is 18.2 Å². The van der Waals surface area contributed by atoms with Crippen LogP contribution in [0.25, 0.3) is 0 Å². The number of likely N-dealkylation sites (N-methyl/N-ethyl adjacent to an activating group) is 1. The van der Waals surface area contributed by atoms with Crippen LogP contribution in [-0.2, 0) is 16.0 Å². The van der Waals surface area contributed by atoms with Crippen molar-refractivity contribution in [1.29, 1.82) is 0 Å². The molecule has 4 heteroatoms. The highest BCUT2D eigenvalue weighted by Gasteiger charge is 2.33. The van der Waals surface area contributed by atoms with Crippen molar-refractivity contribution >= 4 is 11.7 Å². The van der Waals surface area contributed by atoms with Crippen LogP contribution in [0.2, 0.25) is 0 Å². The molecule has 1 N–H and O–H groups in total. The van der Waals surface area contributed by atoms with Gasteiger partial charge in [-0.2, -0.15) is 0 Å². The second-order valence-electron chi connectivity index (χ2n) is 5.77. The number of para-hydroxylation sites is 1. The van der Waals surface area contributed by atoms with Crippen LogP contribution < -0.4 is 10.2 Å². The summed E-state index contributed by atoms with van der Waals surface area (Å²) in [6.07, 6.45) is 3.05. The Bertz CT molecular complexity index is 489. The molecule has 0 aliphatic carbocycles. The van der Waals surface area contributed by atoms with Crippen molar-refractivity contribution in [2.75, 3.05) is 31.6 Å². The Labute approximate surface area is 127 Å². The lowest BCUT2D eigenvalue weighted by Gasteiger charge is -2.34. The number of nitrogens with zero attached hydrogens (tertiary/aromatic N) is 1. The minimum absolute atomic E-state index is 0.169. The Kier molecular flexibility index (Phi) is 5.23. The van der Waals surface area contributed by atoms with E-state index in [-0.39, 0.29) is 5.97 Å². The second kappa shape index (κ2) is 6.94. The average molecular weight is 290 g/mol. The molecule has 116 valence electrons. The molecule has 1 aromatic carbocycles. The van der Waals surface area contributed by atoms with Gasteiger partial charge in [-0.05, 0) is 51.8 Å². The first kappa shape index (κ1) is 15.8. The summed E-state index contributed by atoms with van der Waals surface area (Å²) in [5.74, 6) is -0.169. The molecule has 1 aromatic rings. The maximum absolute atomic E-state index is 12.1. The molecular weight excluding hydrogens is 264 g/mol. The molecular formula is C17H26N2O2. The van der Waals surface area contributed by atoms with Crippen molar-refractivity contribution in [2.45, 2.75) is 38.6 Å². The number of carbonyl (C=O) groups excluding carboxylic acids is 1. The lowest BCUT2D eigenvalue weighted by Crippen LogP contribution is -2.51. The van der Waals surface area contributed by atoms with Crippen LogP contribution in [0.4, 0.5) is 5.69 Å². The van der Waals surface area contributed by atoms with E-state index in [0.29, 0.717) is 6.61 Å². The molecule has 0 saturated heterocycles. The Morgan fingerprint density at radius 2 is 2.19 bits per heavy atom. The number of esters is 1. The van der Waals surface area contributed by atoms with Crippen LogP contribution in [0, 0.1) is 0 Å². The number of benzene rings is 1. The predicted molar refractivity (Wildman–Crippen MR) is 85.7 cm³/mol. The quantitative estimate of drug-likeness (QED) is 0.817. The van der Waals surface area contributed by atoms with Gasteiger partial charge in [0.25, 0.3) is 0 Å². The molecule has 0 aromatic heterocycles. The van der Waals surface area contributed by atoms with Gasteiger partial charge in [0.05, 0.1) is 6.61 Å². The lowest BCUT2D eigenvalue weighted by molar-refractivity contribution is -0.150. The lowest BCUT2D eigenvalue weighted by atomic mass is 9.96. The highest BCUT2D eigenvalue weighted by molar-refractivity contribution is 5.80. The summed E-state index contributed by atoms with van der Waals surface area (Å²) < 4.78 is 5.19. The molecule has 0 spiro atoms. The van der Waals surface area contributed by atoms with E-state index in [9.17, 15) is 4.79 Å². The fourth-order valence-corrected chi connectivity index (χ4v) is 2.82. The molecule has 4 nitrogen and oxygen atoms in total. The highest BCUT2D eigenvalue weighted by atomic mass is 16.5. The third kappa shape index (κ3) is 3.56. The Hall–Kier alpha value is -1.55. The summed E-state index contributed by atoms with van der Waals surface area (Å²) in [6.45, 7) is 6.09. The first-order valence-corrected chi connectivity index (χ1v) is 7.79. The van der Waals surface area contributed by atoms with E-state index in [4.69, 9.17) is 4.74 Å². The number of nitrogens with one attached hydrogen (secondary N) is 1. The molecule has 0 saturated carbocycles. The van der Waals surface area contributed by atoms with E-state index < -0.39 is 5.54 Å². The first-order valence-electron chi connectivity index (χ1n) is 7.79. The number of rotatable bonds is 6. The molecule has 1 heterocycles. The monoisotopic (exact) mass is 290 g/mol. The third-order valence-electron chi connectivity index (χ3n) is 4.37. The van der Waals surface area contributed by atoms with Gasteiger partial charge in [0.1, 0.15) is 5.54 Å². The standard InChI is InChI=1S/C17H26N2O2/c1-4-21-16(20)17(2,18-3)11-13-19-12-7-9-14-8-5-6-10-15(14)19/h5-6,8,10,18H,4,7,9,11-13H2,1-3H3. The molecule has 2 rings (SSSR count). The fourth-order valence-electron chi connectivity index (χ4n) is 2.82. The maximum Gasteiger partial charge on any atom is 0.326 e. The maximum atomic E-state index is 12.1. The van der Waals surface area contributed by atoms with Crippen LogP contribution in [0.3, 0.4) is 0 Å². The van der Waals surface area contributed by atoms with Crippen molar-refractivity contribution in [2.24, 2.45) is 0 Å². The minimum atomic E-state index is -0.623. The number of hydrogen-bond acceptors (Lipinski definition) is 4. The van der Waals surface area contributed by atoms with E-state index in [2.05, 4.69) is 34.5 Å². The van der Waals surface area contributed by atoms with Crippen LogP contribution in [-0.4, -0.2) is 38.3 Å². The van der Waals surface area contributed by atoms with E-state index in [1.165, 1.54) is 17.7 Å². The number of aryl methyl sites for hydroxylation is 1. The number of hydrogen-bond donors (Lipinski definition) is 1. The summed E-state index contributed by atoms with van der Waals surface area (Å²) in [7, 11) is 1.82. The Morgan fingerprint density at radius 1 is 1.43 bits per heavy atom. The van der Waals surface area contributed by atoms with Gasteiger partial charge in [0.15, 0.2) is 0 Å². The van der Waals surface area contributed by atoms with E-state index in [1.54, 1.807) is 0 Å². The predicted octanol–water partition coefficient (Wildman–Crippen LogP) is 2.37. The summed E-state index contributed by atoms with van der Waals surface area (Å²) in [4.78, 5) is 14.5. The largest absolute Gasteiger partial charge is 0.465 e. The van der Waals surface area contributed by atoms with Gasteiger partial charge >= 0.3 is 5.97 Å². The fraction of sp³-hybridized carbons (Fsp3) is 0.588. The van der Waals surface area contributed by atoms with Gasteiger partial charge in [0, 0.05) is 18.8 Å². The van der Waals surface area contributed by atoms with Crippen molar-refractivity contribution in [1.82, 2.24) is 5.32 Å². The molecule has 1 unspecified atom stereocenters. The van der Waals surface area contributed by atoms with Crippen molar-refractivity contribution in [3.63, 3.8) is 0 Å². The Balaban J connectivity index is 2.04. The van der Waals surface area contributed by atoms with Crippen LogP contribution >= 0.6 is 0 Å². The molecule has 0 amide bonds. The third-order valence-corrected chi connectivity index (χ3v) is 4.37. The molecule has 0 radical (unpaired) electrons. The van der Waals surface area contributed by atoms with Crippen LogP contribution in [0.5, 0.6) is 0 Å². The first-order chi connectivity index (χ1) is 10.1. The van der Waals surface area contributed by atoms with Crippen LogP contribution in [0.15, 0.2) is 24.3 Å². The number of fused-ring (bicyclic) bond motifs is 1. The number of anilines is 1. The zero-order valence-electron chi connectivity index (χ0n) is 13.3.